The third-order valence-corrected chi connectivity index (χ3v) is 14.1. The van der Waals surface area contributed by atoms with E-state index in [1.165, 1.54) is 11.6 Å². The van der Waals surface area contributed by atoms with E-state index in [0.717, 1.165) is 31.3 Å². The highest BCUT2D eigenvalue weighted by Crippen LogP contribution is 2.40. The predicted octanol–water partition coefficient (Wildman–Crippen LogP) is 7.13. The van der Waals surface area contributed by atoms with E-state index in [-0.39, 0.29) is 35.6 Å². The van der Waals surface area contributed by atoms with Gasteiger partial charge in [0, 0.05) is 12.5 Å². The molecule has 246 valence electrons. The molecule has 9 atom stereocenters. The quantitative estimate of drug-likeness (QED) is 0.150. The Kier molecular flexibility index (Phi) is 12.1. The van der Waals surface area contributed by atoms with Crippen LogP contribution in [0, 0.1) is 5.92 Å². The number of aliphatic hydroxyl groups excluding tert-OH is 1. The Morgan fingerprint density at radius 2 is 1.89 bits per heavy atom. The molecule has 1 saturated heterocycles. The maximum Gasteiger partial charge on any atom is 0.330 e. The van der Waals surface area contributed by atoms with Gasteiger partial charge >= 0.3 is 5.97 Å². The van der Waals surface area contributed by atoms with E-state index in [2.05, 4.69) is 78.6 Å². The van der Waals surface area contributed by atoms with Gasteiger partial charge in [-0.25, -0.2) is 4.79 Å². The van der Waals surface area contributed by atoms with Crippen molar-refractivity contribution < 1.29 is 33.3 Å². The van der Waals surface area contributed by atoms with E-state index in [0.29, 0.717) is 31.8 Å². The van der Waals surface area contributed by atoms with Crippen molar-refractivity contribution in [3.05, 3.63) is 60.3 Å². The average Bonchev–Trinajstić information content (AvgIpc) is 3.69. The summed E-state index contributed by atoms with van der Waals surface area (Å²) < 4.78 is 31.4. The summed E-state index contributed by atoms with van der Waals surface area (Å²) in [4.78, 5) is 13.3. The number of cyclic esters (lactones) is 1. The first-order valence-electron chi connectivity index (χ1n) is 16.5. The van der Waals surface area contributed by atoms with Gasteiger partial charge in [-0.15, -0.1) is 0 Å². The van der Waals surface area contributed by atoms with Crippen LogP contribution >= 0.6 is 0 Å². The largest absolute Gasteiger partial charge is 0.456 e. The molecule has 4 rings (SSSR count). The number of fused-ring (bicyclic) bond motifs is 3. The van der Waals surface area contributed by atoms with Gasteiger partial charge in [0.15, 0.2) is 8.32 Å². The van der Waals surface area contributed by atoms with Crippen molar-refractivity contribution in [2.45, 2.75) is 147 Å². The molecule has 0 spiro atoms. The molecule has 4 aliphatic heterocycles. The van der Waals surface area contributed by atoms with Gasteiger partial charge in [0.05, 0.1) is 37.1 Å². The van der Waals surface area contributed by atoms with Crippen LogP contribution in [0.1, 0.15) is 79.6 Å². The van der Waals surface area contributed by atoms with Gasteiger partial charge in [0.2, 0.25) is 0 Å². The van der Waals surface area contributed by atoms with Crippen LogP contribution in [0.2, 0.25) is 18.1 Å². The molecule has 7 nitrogen and oxygen atoms in total. The summed E-state index contributed by atoms with van der Waals surface area (Å²) in [6.07, 6.45) is 16.5. The van der Waals surface area contributed by atoms with Crippen molar-refractivity contribution in [2.75, 3.05) is 6.61 Å². The topological polar surface area (TPSA) is 86.8 Å². The fourth-order valence-electron chi connectivity index (χ4n) is 6.07. The van der Waals surface area contributed by atoms with Crippen LogP contribution in [-0.2, 0) is 28.2 Å². The first kappa shape index (κ1) is 35.0. The molecule has 0 unspecified atom stereocenters. The number of ether oxygens (including phenoxy) is 4. The third kappa shape index (κ3) is 10.4. The van der Waals surface area contributed by atoms with Crippen LogP contribution in [0.15, 0.2) is 60.3 Å². The van der Waals surface area contributed by atoms with E-state index >= 15 is 0 Å². The lowest BCUT2D eigenvalue weighted by molar-refractivity contribution is -0.147. The molecule has 0 aliphatic carbocycles. The summed E-state index contributed by atoms with van der Waals surface area (Å²) in [7, 11) is -2.27. The molecule has 4 aliphatic rings. The second-order valence-corrected chi connectivity index (χ2v) is 19.6. The molecule has 0 aromatic heterocycles. The minimum absolute atomic E-state index is 0.0448. The number of carbonyl (C=O) groups excluding carboxylic acids is 1. The molecule has 1 fully saturated rings. The number of carbonyl (C=O) groups is 1. The zero-order valence-corrected chi connectivity index (χ0v) is 29.0. The van der Waals surface area contributed by atoms with Crippen LogP contribution in [0.4, 0.5) is 0 Å². The Balaban J connectivity index is 1.59. The molecular weight excluding hydrogens is 572 g/mol. The Hall–Kier alpha value is -1.81. The molecule has 0 amide bonds. The molecule has 44 heavy (non-hydrogen) atoms. The van der Waals surface area contributed by atoms with Gasteiger partial charge in [-0.1, -0.05) is 81.9 Å². The van der Waals surface area contributed by atoms with Gasteiger partial charge < -0.3 is 28.5 Å². The smallest absolute Gasteiger partial charge is 0.330 e. The van der Waals surface area contributed by atoms with Crippen molar-refractivity contribution in [3.8, 4) is 0 Å². The maximum absolute atomic E-state index is 13.3. The van der Waals surface area contributed by atoms with Gasteiger partial charge in [-0.3, -0.25) is 0 Å². The standard InChI is InChI=1S/C36H56O7Si/c1-24-17-18-39-28(20-24)15-16-31(43-44(7,8)36(4,5)6)32-23-33-35(42-33)30(37)22-26(3)19-25(2)21-29-13-9-11-27(40-29)12-10-14-34(38)41-32/h9-11,14-17,25,27-33,35,37H,3,12-13,18-23H2,1-2,4-8H3/b14-10-,16-15+/t25-,27-,28+,29-,30+,31-,32-,33+,35+/m0/s1. The van der Waals surface area contributed by atoms with Gasteiger partial charge in [-0.2, -0.15) is 0 Å². The molecule has 0 aromatic carbocycles. The van der Waals surface area contributed by atoms with Crippen molar-refractivity contribution in [1.29, 1.82) is 0 Å². The van der Waals surface area contributed by atoms with E-state index in [1.807, 2.05) is 12.2 Å². The summed E-state index contributed by atoms with van der Waals surface area (Å²) in [5, 5.41) is 11.0. The third-order valence-electron chi connectivity index (χ3n) is 9.66. The SMILES string of the molecule is C=C1C[C@H](C)C[C@@H]2CC=C[C@@H](C/C=C\C(=O)O[C@H]([C@H](/C=C/[C@@H]3CC(C)=CCO3)O[Si](C)(C)C(C)(C)C)C[C@H]3O[C@@H]3[C@H](O)C1)O2. The molecule has 0 saturated carbocycles. The fourth-order valence-corrected chi connectivity index (χ4v) is 7.34. The van der Waals surface area contributed by atoms with Crippen LogP contribution in [0.3, 0.4) is 0 Å². The number of esters is 1. The van der Waals surface area contributed by atoms with Gasteiger partial charge in [0.25, 0.3) is 0 Å². The minimum atomic E-state index is -2.27. The highest BCUT2D eigenvalue weighted by Gasteiger charge is 2.48. The van der Waals surface area contributed by atoms with E-state index < -0.39 is 32.6 Å². The number of rotatable bonds is 5. The predicted molar refractivity (Wildman–Crippen MR) is 177 cm³/mol. The Morgan fingerprint density at radius 1 is 1.11 bits per heavy atom. The molecule has 8 heteroatoms. The summed E-state index contributed by atoms with van der Waals surface area (Å²) in [6.45, 7) is 20.2. The lowest BCUT2D eigenvalue weighted by atomic mass is 9.91. The molecular formula is C36H56O7Si. The molecule has 1 N–H and O–H groups in total. The van der Waals surface area contributed by atoms with Crippen LogP contribution in [0.5, 0.6) is 0 Å². The summed E-state index contributed by atoms with van der Waals surface area (Å²) in [6, 6.07) is 0. The zero-order valence-electron chi connectivity index (χ0n) is 28.0. The van der Waals surface area contributed by atoms with Crippen molar-refractivity contribution in [1.82, 2.24) is 0 Å². The lowest BCUT2D eigenvalue weighted by Crippen LogP contribution is -2.47. The Bertz CT molecular complexity index is 1120. The van der Waals surface area contributed by atoms with Crippen LogP contribution in [-0.4, -0.2) is 74.8 Å². The second kappa shape index (κ2) is 15.2. The summed E-state index contributed by atoms with van der Waals surface area (Å²) in [5.74, 6) is -0.0267. The fraction of sp³-hybridized carbons (Fsp3) is 0.694. The normalized spacial score (nSPS) is 36.0. The number of hydrogen-bond donors (Lipinski definition) is 1. The maximum atomic E-state index is 13.3. The number of hydrogen-bond acceptors (Lipinski definition) is 7. The average molecular weight is 629 g/mol. The minimum Gasteiger partial charge on any atom is -0.456 e. The van der Waals surface area contributed by atoms with Gasteiger partial charge in [0.1, 0.15) is 18.3 Å². The molecule has 4 heterocycles. The van der Waals surface area contributed by atoms with E-state index in [4.69, 9.17) is 23.4 Å². The monoisotopic (exact) mass is 628 g/mol. The van der Waals surface area contributed by atoms with E-state index in [1.54, 1.807) is 0 Å². The highest BCUT2D eigenvalue weighted by atomic mass is 28.4. The summed E-state index contributed by atoms with van der Waals surface area (Å²) >= 11 is 0. The first-order chi connectivity index (χ1) is 20.7. The number of epoxide rings is 1. The van der Waals surface area contributed by atoms with Crippen molar-refractivity contribution in [3.63, 3.8) is 0 Å². The zero-order chi connectivity index (χ0) is 32.1. The second-order valence-electron chi connectivity index (χ2n) is 14.9. The summed E-state index contributed by atoms with van der Waals surface area (Å²) in [5.41, 5.74) is 2.32. The van der Waals surface area contributed by atoms with Crippen molar-refractivity contribution >= 4 is 14.3 Å². The Labute approximate surface area is 266 Å². The molecule has 0 radical (unpaired) electrons. The Morgan fingerprint density at radius 3 is 2.61 bits per heavy atom. The van der Waals surface area contributed by atoms with E-state index in [9.17, 15) is 9.90 Å². The van der Waals surface area contributed by atoms with Crippen molar-refractivity contribution in [2.24, 2.45) is 5.92 Å². The van der Waals surface area contributed by atoms with Gasteiger partial charge in [-0.05, 0) is 69.5 Å². The highest BCUT2D eigenvalue weighted by molar-refractivity contribution is 6.74. The number of aliphatic hydroxyl groups is 1. The van der Waals surface area contributed by atoms with Crippen LogP contribution < -0.4 is 0 Å². The van der Waals surface area contributed by atoms with Crippen LogP contribution in [0.25, 0.3) is 0 Å². The molecule has 0 aromatic rings. The first-order valence-corrected chi connectivity index (χ1v) is 19.4. The molecule has 2 bridgehead atoms. The lowest BCUT2D eigenvalue weighted by Gasteiger charge is -2.40.